The zero-order chi connectivity index (χ0) is 14.7. The van der Waals surface area contributed by atoms with Gasteiger partial charge >= 0.3 is 0 Å². The standard InChI is InChI=1S/C11H22N4O3/c1-4-5-14-8(10(12)16)6-15-11(17)9(13-2)7-18-3/h4-5,8-9,13-14H,6-7H2,1-3H3,(H2,12,16)(H,15,17)/t8-,9-/m0/s1/i/hT. The maximum Gasteiger partial charge on any atom is 0.241 e. The van der Waals surface area contributed by atoms with Crippen LogP contribution in [0.15, 0.2) is 12.3 Å². The maximum atomic E-state index is 11.8. The summed E-state index contributed by atoms with van der Waals surface area (Å²) in [5, 5.41) is 8.21. The van der Waals surface area contributed by atoms with Crippen LogP contribution in [-0.4, -0.2) is 51.2 Å². The third-order valence-corrected chi connectivity index (χ3v) is 2.26. The van der Waals surface area contributed by atoms with Gasteiger partial charge in [0.2, 0.25) is 11.8 Å². The molecular weight excluding hydrogens is 236 g/mol. The lowest BCUT2D eigenvalue weighted by atomic mass is 10.2. The molecule has 0 spiro atoms. The van der Waals surface area contributed by atoms with Gasteiger partial charge in [-0.1, -0.05) is 6.08 Å². The largest absolute Gasteiger partial charge is 0.383 e. The number of hydrogen-bond acceptors (Lipinski definition) is 5. The number of nitrogens with one attached hydrogen (secondary N) is 3. The molecule has 104 valence electrons. The zero-order valence-electron chi connectivity index (χ0n) is 11.9. The number of carbonyl (C=O) groups is 2. The van der Waals surface area contributed by atoms with Crippen LogP contribution in [-0.2, 0) is 14.3 Å². The van der Waals surface area contributed by atoms with E-state index in [-0.39, 0.29) is 19.1 Å². The first-order valence-corrected chi connectivity index (χ1v) is 5.63. The summed E-state index contributed by atoms with van der Waals surface area (Å²) in [5.74, 6) is -0.791. The first-order chi connectivity index (χ1) is 9.10. The second kappa shape index (κ2) is 9.43. The average molecular weight is 260 g/mol. The minimum Gasteiger partial charge on any atom is -0.383 e. The Morgan fingerprint density at radius 2 is 2.22 bits per heavy atom. The molecule has 7 heteroatoms. The fourth-order valence-electron chi connectivity index (χ4n) is 1.22. The van der Waals surface area contributed by atoms with Gasteiger partial charge in [-0.25, -0.2) is 0 Å². The van der Waals surface area contributed by atoms with Crippen molar-refractivity contribution >= 4 is 11.8 Å². The normalized spacial score (nSPS) is 14.7. The third kappa shape index (κ3) is 6.21. The Morgan fingerprint density at radius 1 is 1.50 bits per heavy atom. The molecule has 0 radical (unpaired) electrons. The molecule has 5 N–H and O–H groups in total. The van der Waals surface area contributed by atoms with Gasteiger partial charge in [0, 0.05) is 13.7 Å². The number of hydrogen-bond donors (Lipinski definition) is 4. The molecule has 0 aromatic carbocycles. The molecule has 2 amide bonds. The molecule has 0 aromatic heterocycles. The van der Waals surface area contributed by atoms with Crippen LogP contribution in [0.5, 0.6) is 0 Å². The van der Waals surface area contributed by atoms with E-state index in [1.165, 1.54) is 7.11 Å². The van der Waals surface area contributed by atoms with Crippen LogP contribution < -0.4 is 21.7 Å². The van der Waals surface area contributed by atoms with Crippen LogP contribution in [0, 0.1) is 0 Å². The predicted octanol–water partition coefficient (Wildman–Crippen LogP) is -1.69. The summed E-state index contributed by atoms with van der Waals surface area (Å²) in [5.41, 5.74) is 1.79. The van der Waals surface area contributed by atoms with Gasteiger partial charge in [-0.15, -0.1) is 0 Å². The van der Waals surface area contributed by atoms with E-state index >= 15 is 0 Å². The van der Waals surface area contributed by atoms with Crippen molar-refractivity contribution in [3.8, 4) is 0 Å². The lowest BCUT2D eigenvalue weighted by Crippen LogP contribution is -2.52. The second-order valence-corrected chi connectivity index (χ2v) is 3.63. The van der Waals surface area contributed by atoms with Gasteiger partial charge in [0.05, 0.1) is 6.61 Å². The van der Waals surface area contributed by atoms with Crippen LogP contribution >= 0.6 is 0 Å². The monoisotopic (exact) mass is 260 g/mol. The topological polar surface area (TPSA) is 105 Å². The number of methoxy groups -OCH3 is 1. The molecule has 0 unspecified atom stereocenters. The Morgan fingerprint density at radius 3 is 2.72 bits per heavy atom. The van der Waals surface area contributed by atoms with Crippen LogP contribution in [0.3, 0.4) is 0 Å². The average Bonchev–Trinajstić information content (AvgIpc) is 2.43. The number of ether oxygens (including phenoxy) is 1. The van der Waals surface area contributed by atoms with Crippen LogP contribution in [0.4, 0.5) is 0 Å². The number of rotatable bonds is 9. The Hall–Kier alpha value is -1.60. The van der Waals surface area contributed by atoms with Crippen molar-refractivity contribution < 1.29 is 15.7 Å². The van der Waals surface area contributed by atoms with E-state index < -0.39 is 18.0 Å². The highest BCUT2D eigenvalue weighted by Gasteiger charge is 2.19. The molecule has 0 rings (SSSR count). The van der Waals surface area contributed by atoms with E-state index in [0.717, 1.165) is 0 Å². The van der Waals surface area contributed by atoms with Crippen molar-refractivity contribution in [3.05, 3.63) is 12.3 Å². The number of allylic oxidation sites excluding steroid dienone is 1. The summed E-state index contributed by atoms with van der Waals surface area (Å²) in [4.78, 5) is 23.2. The van der Waals surface area contributed by atoms with E-state index in [9.17, 15) is 9.59 Å². The molecule has 0 saturated heterocycles. The van der Waals surface area contributed by atoms with E-state index in [1.807, 2.05) is 0 Å². The van der Waals surface area contributed by atoms with Gasteiger partial charge in [0.15, 0.2) is 1.41 Å². The second-order valence-electron chi connectivity index (χ2n) is 3.63. The van der Waals surface area contributed by atoms with E-state index in [4.69, 9.17) is 6.15 Å². The molecule has 0 fully saturated rings. The first kappa shape index (κ1) is 14.5. The maximum absolute atomic E-state index is 11.8. The van der Waals surface area contributed by atoms with Crippen molar-refractivity contribution in [2.75, 3.05) is 27.3 Å². The molecule has 18 heavy (non-hydrogen) atoms. The van der Waals surface area contributed by atoms with Gasteiger partial charge in [-0.05, 0) is 20.2 Å². The van der Waals surface area contributed by atoms with Crippen molar-refractivity contribution in [3.63, 3.8) is 0 Å². The predicted molar refractivity (Wildman–Crippen MR) is 68.7 cm³/mol. The van der Waals surface area contributed by atoms with Crippen LogP contribution in [0.2, 0.25) is 1.41 Å². The minimum atomic E-state index is -0.697. The minimum absolute atomic E-state index is 0.0791. The quantitative estimate of drug-likeness (QED) is 0.396. The summed E-state index contributed by atoms with van der Waals surface area (Å²) in [6.45, 7) is 2.10. The summed E-state index contributed by atoms with van der Waals surface area (Å²) >= 11 is 0. The number of likely N-dealkylation sites (N-methyl/N-ethyl adjacent to an activating group) is 1. The van der Waals surface area contributed by atoms with E-state index in [0.29, 0.717) is 0 Å². The Balaban J connectivity index is 4.36. The van der Waals surface area contributed by atoms with Crippen molar-refractivity contribution in [2.45, 2.75) is 19.0 Å². The number of primary amides is 1. The van der Waals surface area contributed by atoms with Crippen LogP contribution in [0.25, 0.3) is 0 Å². The molecular formula is C11H22N4O3. The SMILES string of the molecule is [3H]NC(=O)[C@H](CNC(=O)[C@H](COC)NC)NC=CC. The number of nitrogens with two attached hydrogens (primary N) is 1. The Bertz CT molecular complexity index is 312. The molecule has 0 saturated carbocycles. The summed E-state index contributed by atoms with van der Waals surface area (Å²) in [6, 6.07) is -1.18. The highest BCUT2D eigenvalue weighted by atomic mass is 16.5. The fraction of sp³-hybridized carbons (Fsp3) is 0.636. The molecule has 0 heterocycles. The Labute approximate surface area is 109 Å². The van der Waals surface area contributed by atoms with Gasteiger partial charge in [-0.3, -0.25) is 9.59 Å². The lowest BCUT2D eigenvalue weighted by Gasteiger charge is -2.18. The van der Waals surface area contributed by atoms with Crippen molar-refractivity contribution in [1.82, 2.24) is 16.0 Å². The van der Waals surface area contributed by atoms with E-state index in [2.05, 4.69) is 16.0 Å². The number of carbonyl (C=O) groups excluding carboxylic acids is 2. The van der Waals surface area contributed by atoms with Gasteiger partial charge in [0.25, 0.3) is 0 Å². The molecule has 0 aromatic rings. The van der Waals surface area contributed by atoms with Crippen LogP contribution in [0.1, 0.15) is 6.92 Å². The lowest BCUT2D eigenvalue weighted by molar-refractivity contribution is -0.124. The van der Waals surface area contributed by atoms with Crippen molar-refractivity contribution in [1.29, 1.82) is 0 Å². The molecule has 2 atom stereocenters. The van der Waals surface area contributed by atoms with Gasteiger partial charge in [0.1, 0.15) is 12.1 Å². The summed E-state index contributed by atoms with van der Waals surface area (Å²) < 4.78 is 11.7. The molecule has 7 nitrogen and oxygen atoms in total. The molecule has 0 aliphatic heterocycles. The molecule has 0 bridgehead atoms. The first-order valence-electron chi connectivity index (χ1n) is 6.13. The Kier molecular flexibility index (Phi) is 7.58. The van der Waals surface area contributed by atoms with Gasteiger partial charge < -0.3 is 26.4 Å². The zero-order valence-corrected chi connectivity index (χ0v) is 10.9. The summed E-state index contributed by atoms with van der Waals surface area (Å²) in [6.07, 6.45) is 3.30. The molecule has 0 aliphatic carbocycles. The molecule has 0 aliphatic rings. The fourth-order valence-corrected chi connectivity index (χ4v) is 1.22. The van der Waals surface area contributed by atoms with E-state index in [1.54, 1.807) is 32.0 Å². The van der Waals surface area contributed by atoms with Crippen molar-refractivity contribution in [2.24, 2.45) is 5.73 Å². The highest BCUT2D eigenvalue weighted by molar-refractivity contribution is 5.84. The summed E-state index contributed by atoms with van der Waals surface area (Å²) in [7, 11) is 3.15. The number of amides is 2. The third-order valence-electron chi connectivity index (χ3n) is 2.26. The van der Waals surface area contributed by atoms with Gasteiger partial charge in [-0.2, -0.15) is 0 Å². The smallest absolute Gasteiger partial charge is 0.241 e. The highest BCUT2D eigenvalue weighted by Crippen LogP contribution is 1.87.